The van der Waals surface area contributed by atoms with Crippen molar-refractivity contribution in [3.8, 4) is 0 Å². The van der Waals surface area contributed by atoms with Crippen LogP contribution in [0.25, 0.3) is 0 Å². The van der Waals surface area contributed by atoms with Gasteiger partial charge in [-0.3, -0.25) is 4.79 Å². The third-order valence-electron chi connectivity index (χ3n) is 3.90. The molecule has 4 nitrogen and oxygen atoms in total. The number of nitrogens with zero attached hydrogens (tertiary/aromatic N) is 1. The molecular formula is C20H27FN2O2S. The van der Waals surface area contributed by atoms with E-state index in [0.29, 0.717) is 26.3 Å². The first-order valence-corrected chi connectivity index (χ1v) is 9.76. The van der Waals surface area contributed by atoms with Gasteiger partial charge in [0, 0.05) is 29.5 Å². The van der Waals surface area contributed by atoms with Gasteiger partial charge in [0.15, 0.2) is 0 Å². The summed E-state index contributed by atoms with van der Waals surface area (Å²) in [6.45, 7) is 7.50. The Morgan fingerprint density at radius 2 is 1.96 bits per heavy atom. The molecule has 0 bridgehead atoms. The minimum Gasteiger partial charge on any atom is -0.382 e. The fourth-order valence-electron chi connectivity index (χ4n) is 2.55. The van der Waals surface area contributed by atoms with Crippen molar-refractivity contribution in [1.29, 1.82) is 0 Å². The largest absolute Gasteiger partial charge is 0.382 e. The predicted octanol–water partition coefficient (Wildman–Crippen LogP) is 3.74. The zero-order valence-corrected chi connectivity index (χ0v) is 16.3. The lowest BCUT2D eigenvalue weighted by atomic mass is 10.2. The van der Waals surface area contributed by atoms with E-state index < -0.39 is 0 Å². The summed E-state index contributed by atoms with van der Waals surface area (Å²) in [6.07, 6.45) is 0.878. The van der Waals surface area contributed by atoms with Gasteiger partial charge >= 0.3 is 0 Å². The maximum Gasteiger partial charge on any atom is 0.237 e. The van der Waals surface area contributed by atoms with Crippen molar-refractivity contribution in [3.63, 3.8) is 0 Å². The first-order chi connectivity index (χ1) is 12.6. The van der Waals surface area contributed by atoms with Gasteiger partial charge in [0.05, 0.1) is 13.1 Å². The second-order valence-electron chi connectivity index (χ2n) is 6.12. The number of nitrogens with one attached hydrogen (secondary N) is 1. The molecule has 1 aromatic heterocycles. The number of benzene rings is 1. The zero-order chi connectivity index (χ0) is 18.8. The van der Waals surface area contributed by atoms with E-state index in [4.69, 9.17) is 4.74 Å². The van der Waals surface area contributed by atoms with E-state index >= 15 is 0 Å². The van der Waals surface area contributed by atoms with Crippen molar-refractivity contribution >= 4 is 17.2 Å². The molecule has 0 radical (unpaired) electrons. The Morgan fingerprint density at radius 1 is 1.19 bits per heavy atom. The second-order valence-corrected chi connectivity index (χ2v) is 7.49. The summed E-state index contributed by atoms with van der Waals surface area (Å²) in [5.41, 5.74) is 0.921. The van der Waals surface area contributed by atoms with E-state index in [-0.39, 0.29) is 18.3 Å². The summed E-state index contributed by atoms with van der Waals surface area (Å²) < 4.78 is 18.4. The molecule has 2 aromatic rings. The molecule has 6 heteroatoms. The van der Waals surface area contributed by atoms with Crippen molar-refractivity contribution in [2.75, 3.05) is 26.3 Å². The molecule has 0 fully saturated rings. The van der Waals surface area contributed by atoms with Crippen LogP contribution in [0.5, 0.6) is 0 Å². The van der Waals surface area contributed by atoms with Gasteiger partial charge in [-0.2, -0.15) is 0 Å². The Labute approximate surface area is 159 Å². The highest BCUT2D eigenvalue weighted by Gasteiger charge is 2.15. The molecule has 1 N–H and O–H groups in total. The van der Waals surface area contributed by atoms with E-state index in [0.717, 1.165) is 23.4 Å². The van der Waals surface area contributed by atoms with Gasteiger partial charge < -0.3 is 15.0 Å². The Balaban J connectivity index is 1.92. The lowest BCUT2D eigenvalue weighted by molar-refractivity contribution is -0.131. The van der Waals surface area contributed by atoms with Crippen LogP contribution in [-0.4, -0.2) is 37.1 Å². The van der Waals surface area contributed by atoms with Crippen LogP contribution in [0.1, 0.15) is 28.7 Å². The van der Waals surface area contributed by atoms with Crippen molar-refractivity contribution in [3.05, 3.63) is 57.5 Å². The van der Waals surface area contributed by atoms with Crippen LogP contribution >= 0.6 is 11.3 Å². The monoisotopic (exact) mass is 378 g/mol. The molecule has 0 unspecified atom stereocenters. The Morgan fingerprint density at radius 3 is 2.62 bits per heavy atom. The lowest BCUT2D eigenvalue weighted by Crippen LogP contribution is -2.37. The van der Waals surface area contributed by atoms with Crippen molar-refractivity contribution in [2.24, 2.45) is 0 Å². The quantitative estimate of drug-likeness (QED) is 0.606. The highest BCUT2D eigenvalue weighted by molar-refractivity contribution is 7.11. The number of ether oxygens (including phenoxy) is 1. The summed E-state index contributed by atoms with van der Waals surface area (Å²) >= 11 is 1.69. The van der Waals surface area contributed by atoms with Gasteiger partial charge in [-0.25, -0.2) is 4.39 Å². The summed E-state index contributed by atoms with van der Waals surface area (Å²) in [4.78, 5) is 16.9. The van der Waals surface area contributed by atoms with Crippen molar-refractivity contribution < 1.29 is 13.9 Å². The molecule has 0 saturated carbocycles. The standard InChI is InChI=1S/C20H27FN2O2S/c1-3-25-12-4-11-22-13-20(24)23(15-19-10-5-16(2)26-19)14-17-6-8-18(21)9-7-17/h5-10,22H,3-4,11-15H2,1-2H3. The van der Waals surface area contributed by atoms with Crippen LogP contribution in [0.3, 0.4) is 0 Å². The molecule has 2 rings (SSSR count). The SMILES string of the molecule is CCOCCCNCC(=O)N(Cc1ccc(F)cc1)Cc1ccc(C)s1. The molecule has 0 saturated heterocycles. The molecule has 1 amide bonds. The maximum absolute atomic E-state index is 13.1. The Hall–Kier alpha value is -1.76. The highest BCUT2D eigenvalue weighted by atomic mass is 32.1. The van der Waals surface area contributed by atoms with E-state index in [2.05, 4.69) is 24.4 Å². The number of thiophene rings is 1. The fourth-order valence-corrected chi connectivity index (χ4v) is 3.46. The summed E-state index contributed by atoms with van der Waals surface area (Å²) in [6, 6.07) is 10.4. The number of hydrogen-bond donors (Lipinski definition) is 1. The van der Waals surface area contributed by atoms with Crippen LogP contribution in [0.4, 0.5) is 4.39 Å². The molecular weight excluding hydrogens is 351 g/mol. The summed E-state index contributed by atoms with van der Waals surface area (Å²) in [5.74, 6) is -0.228. The van der Waals surface area contributed by atoms with Crippen LogP contribution in [0.2, 0.25) is 0 Å². The van der Waals surface area contributed by atoms with Crippen LogP contribution in [0.15, 0.2) is 36.4 Å². The number of aryl methyl sites for hydroxylation is 1. The number of hydrogen-bond acceptors (Lipinski definition) is 4. The minimum absolute atomic E-state index is 0.0387. The first kappa shape index (κ1) is 20.6. The van der Waals surface area contributed by atoms with Crippen molar-refractivity contribution in [2.45, 2.75) is 33.4 Å². The van der Waals surface area contributed by atoms with Crippen LogP contribution in [-0.2, 0) is 22.6 Å². The molecule has 0 aliphatic heterocycles. The van der Waals surface area contributed by atoms with E-state index in [1.807, 2.05) is 11.8 Å². The van der Waals surface area contributed by atoms with Crippen LogP contribution < -0.4 is 5.32 Å². The zero-order valence-electron chi connectivity index (χ0n) is 15.5. The topological polar surface area (TPSA) is 41.6 Å². The smallest absolute Gasteiger partial charge is 0.237 e. The number of halogens is 1. The molecule has 0 spiro atoms. The van der Waals surface area contributed by atoms with Gasteiger partial charge in [0.25, 0.3) is 0 Å². The van der Waals surface area contributed by atoms with Crippen molar-refractivity contribution in [1.82, 2.24) is 10.2 Å². The average Bonchev–Trinajstić information content (AvgIpc) is 3.04. The molecule has 0 atom stereocenters. The molecule has 1 heterocycles. The third-order valence-corrected chi connectivity index (χ3v) is 4.89. The number of carbonyl (C=O) groups is 1. The highest BCUT2D eigenvalue weighted by Crippen LogP contribution is 2.18. The fraction of sp³-hybridized carbons (Fsp3) is 0.450. The summed E-state index contributed by atoms with van der Waals surface area (Å²) in [5, 5.41) is 3.18. The first-order valence-electron chi connectivity index (χ1n) is 8.94. The molecule has 0 aliphatic rings. The van der Waals surface area contributed by atoms with Gasteiger partial charge in [0.2, 0.25) is 5.91 Å². The maximum atomic E-state index is 13.1. The summed E-state index contributed by atoms with van der Waals surface area (Å²) in [7, 11) is 0. The molecule has 142 valence electrons. The number of carbonyl (C=O) groups excluding carboxylic acids is 1. The van der Waals surface area contributed by atoms with E-state index in [1.54, 1.807) is 23.5 Å². The number of rotatable bonds is 11. The van der Waals surface area contributed by atoms with E-state index in [9.17, 15) is 9.18 Å². The normalized spacial score (nSPS) is 10.9. The third kappa shape index (κ3) is 7.23. The average molecular weight is 379 g/mol. The second kappa shape index (κ2) is 11.1. The number of amides is 1. The molecule has 0 aliphatic carbocycles. The van der Waals surface area contributed by atoms with Gasteiger partial charge in [-0.05, 0) is 56.6 Å². The molecule has 26 heavy (non-hydrogen) atoms. The Kier molecular flexibility index (Phi) is 8.74. The van der Waals surface area contributed by atoms with E-state index in [1.165, 1.54) is 17.0 Å². The van der Waals surface area contributed by atoms with Gasteiger partial charge in [-0.15, -0.1) is 11.3 Å². The Bertz CT molecular complexity index is 673. The van der Waals surface area contributed by atoms with Gasteiger partial charge in [-0.1, -0.05) is 12.1 Å². The minimum atomic E-state index is -0.267. The van der Waals surface area contributed by atoms with Gasteiger partial charge in [0.1, 0.15) is 5.82 Å². The lowest BCUT2D eigenvalue weighted by Gasteiger charge is -2.23. The van der Waals surface area contributed by atoms with Crippen LogP contribution in [0, 0.1) is 12.7 Å². The predicted molar refractivity (Wildman–Crippen MR) is 104 cm³/mol. The molecule has 1 aromatic carbocycles.